The molecule has 126 valence electrons. The van der Waals surface area contributed by atoms with E-state index < -0.39 is 5.82 Å². The number of carbonyl (C=O) groups is 1. The molecule has 0 saturated carbocycles. The number of halogens is 1. The molecular weight excluding hydrogens is 325 g/mol. The van der Waals surface area contributed by atoms with E-state index >= 15 is 0 Å². The number of carbonyl (C=O) groups excluding carboxylic acids is 1. The maximum absolute atomic E-state index is 14.2. The van der Waals surface area contributed by atoms with Crippen molar-refractivity contribution in [3.8, 4) is 5.75 Å². The molecule has 0 aliphatic carbocycles. The van der Waals surface area contributed by atoms with Crippen LogP contribution < -0.4 is 15.2 Å². The molecule has 0 unspecified atom stereocenters. The largest absolute Gasteiger partial charge is 0.489 e. The first-order valence-electron chi connectivity index (χ1n) is 7.81. The molecule has 7 heteroatoms. The molecule has 2 heterocycles. The van der Waals surface area contributed by atoms with E-state index in [4.69, 9.17) is 4.74 Å². The smallest absolute Gasteiger partial charge is 0.269 e. The molecule has 1 aliphatic heterocycles. The van der Waals surface area contributed by atoms with E-state index in [0.29, 0.717) is 16.8 Å². The summed E-state index contributed by atoms with van der Waals surface area (Å²) in [6, 6.07) is 11.5. The second-order valence-electron chi connectivity index (χ2n) is 5.65. The van der Waals surface area contributed by atoms with Crippen LogP contribution in [0.15, 0.2) is 53.5 Å². The van der Waals surface area contributed by atoms with Crippen molar-refractivity contribution in [3.63, 3.8) is 0 Å². The molecule has 3 aromatic rings. The van der Waals surface area contributed by atoms with Crippen molar-refractivity contribution in [2.45, 2.75) is 6.54 Å². The van der Waals surface area contributed by atoms with Gasteiger partial charge in [-0.25, -0.2) is 9.37 Å². The van der Waals surface area contributed by atoms with Gasteiger partial charge in [-0.05, 0) is 24.3 Å². The van der Waals surface area contributed by atoms with Gasteiger partial charge in [-0.15, -0.1) is 0 Å². The van der Waals surface area contributed by atoms with Gasteiger partial charge in [-0.3, -0.25) is 14.2 Å². The third kappa shape index (κ3) is 2.63. The number of benzene rings is 2. The van der Waals surface area contributed by atoms with Gasteiger partial charge >= 0.3 is 0 Å². The molecule has 0 saturated heterocycles. The van der Waals surface area contributed by atoms with E-state index in [9.17, 15) is 14.0 Å². The third-order valence-corrected chi connectivity index (χ3v) is 4.14. The number of aromatic nitrogens is 2. The van der Waals surface area contributed by atoms with Gasteiger partial charge in [0.15, 0.2) is 5.82 Å². The van der Waals surface area contributed by atoms with Gasteiger partial charge in [0.25, 0.3) is 5.56 Å². The number of fused-ring (bicyclic) bond motifs is 2. The van der Waals surface area contributed by atoms with Gasteiger partial charge in [0.2, 0.25) is 5.91 Å². The van der Waals surface area contributed by atoms with E-state index in [2.05, 4.69) is 4.98 Å². The lowest BCUT2D eigenvalue weighted by Gasteiger charge is -2.30. The number of hydrogen-bond donors (Lipinski definition) is 0. The third-order valence-electron chi connectivity index (χ3n) is 4.14. The first-order valence-corrected chi connectivity index (χ1v) is 7.81. The highest BCUT2D eigenvalue weighted by Gasteiger charge is 2.27. The SMILES string of the molecule is O=C(Cn1c(=O)cnc2ccccc21)N1CCOc2cccc(F)c21. The summed E-state index contributed by atoms with van der Waals surface area (Å²) in [5.41, 5.74) is 0.910. The van der Waals surface area contributed by atoms with Crippen molar-refractivity contribution in [1.82, 2.24) is 9.55 Å². The van der Waals surface area contributed by atoms with Gasteiger partial charge in [0.1, 0.15) is 24.6 Å². The van der Waals surface area contributed by atoms with Crippen molar-refractivity contribution in [2.75, 3.05) is 18.1 Å². The summed E-state index contributed by atoms with van der Waals surface area (Å²) in [4.78, 5) is 30.4. The Labute approximate surface area is 142 Å². The lowest BCUT2D eigenvalue weighted by atomic mass is 10.2. The molecule has 0 atom stereocenters. The predicted octanol–water partition coefficient (Wildman–Crippen LogP) is 1.96. The lowest BCUT2D eigenvalue weighted by molar-refractivity contribution is -0.119. The van der Waals surface area contributed by atoms with Crippen LogP contribution in [0, 0.1) is 5.82 Å². The Morgan fingerprint density at radius 1 is 1.20 bits per heavy atom. The van der Waals surface area contributed by atoms with Crippen molar-refractivity contribution in [2.24, 2.45) is 0 Å². The van der Waals surface area contributed by atoms with Crippen molar-refractivity contribution >= 4 is 22.6 Å². The molecule has 0 fully saturated rings. The molecule has 0 bridgehead atoms. The topological polar surface area (TPSA) is 64.4 Å². The Balaban J connectivity index is 1.74. The molecule has 0 spiro atoms. The number of para-hydroxylation sites is 3. The van der Waals surface area contributed by atoms with Crippen molar-refractivity contribution in [3.05, 3.63) is 64.8 Å². The standard InChI is InChI=1S/C18H14FN3O3/c19-12-4-3-7-15-18(12)21(8-9-25-15)17(24)11-22-14-6-2-1-5-13(14)20-10-16(22)23/h1-7,10H,8-9,11H2. The van der Waals surface area contributed by atoms with E-state index in [1.807, 2.05) is 0 Å². The van der Waals surface area contributed by atoms with Crippen LogP contribution in [0.2, 0.25) is 0 Å². The number of anilines is 1. The minimum absolute atomic E-state index is 0.116. The Morgan fingerprint density at radius 3 is 2.92 bits per heavy atom. The van der Waals surface area contributed by atoms with Gasteiger partial charge in [0, 0.05) is 0 Å². The van der Waals surface area contributed by atoms with Gasteiger partial charge in [-0.2, -0.15) is 0 Å². The van der Waals surface area contributed by atoms with Crippen LogP contribution >= 0.6 is 0 Å². The quantitative estimate of drug-likeness (QED) is 0.716. The maximum atomic E-state index is 14.2. The zero-order valence-corrected chi connectivity index (χ0v) is 13.2. The minimum atomic E-state index is -0.530. The normalized spacial score (nSPS) is 13.4. The maximum Gasteiger partial charge on any atom is 0.269 e. The van der Waals surface area contributed by atoms with Gasteiger partial charge < -0.3 is 9.64 Å². The Kier molecular flexibility index (Phi) is 3.68. The zero-order chi connectivity index (χ0) is 17.4. The molecule has 25 heavy (non-hydrogen) atoms. The molecule has 6 nitrogen and oxygen atoms in total. The highest BCUT2D eigenvalue weighted by atomic mass is 19.1. The van der Waals surface area contributed by atoms with E-state index in [1.165, 1.54) is 27.8 Å². The fourth-order valence-corrected chi connectivity index (χ4v) is 2.98. The van der Waals surface area contributed by atoms with E-state index in [-0.39, 0.29) is 36.9 Å². The molecule has 1 amide bonds. The van der Waals surface area contributed by atoms with E-state index in [0.717, 1.165) is 0 Å². The summed E-state index contributed by atoms with van der Waals surface area (Å²) in [6.45, 7) is 0.300. The summed E-state index contributed by atoms with van der Waals surface area (Å²) in [7, 11) is 0. The first kappa shape index (κ1) is 15.3. The average Bonchev–Trinajstić information content (AvgIpc) is 2.64. The number of rotatable bonds is 2. The molecule has 1 aliphatic rings. The van der Waals surface area contributed by atoms with Crippen LogP contribution in [0.1, 0.15) is 0 Å². The van der Waals surface area contributed by atoms with Gasteiger partial charge in [-0.1, -0.05) is 18.2 Å². The average molecular weight is 339 g/mol. The molecule has 1 aromatic heterocycles. The number of nitrogens with zero attached hydrogens (tertiary/aromatic N) is 3. The highest BCUT2D eigenvalue weighted by molar-refractivity contribution is 5.96. The molecule has 2 aromatic carbocycles. The summed E-state index contributed by atoms with van der Waals surface area (Å²) in [6.07, 6.45) is 1.18. The van der Waals surface area contributed by atoms with Crippen LogP contribution in [-0.2, 0) is 11.3 Å². The predicted molar refractivity (Wildman–Crippen MR) is 90.3 cm³/mol. The van der Waals surface area contributed by atoms with Crippen LogP contribution in [0.4, 0.5) is 10.1 Å². The van der Waals surface area contributed by atoms with E-state index in [1.54, 1.807) is 30.3 Å². The highest BCUT2D eigenvalue weighted by Crippen LogP contribution is 2.34. The van der Waals surface area contributed by atoms with Gasteiger partial charge in [0.05, 0.1) is 23.8 Å². The van der Waals surface area contributed by atoms with Crippen LogP contribution in [0.3, 0.4) is 0 Å². The van der Waals surface area contributed by atoms with Crippen LogP contribution in [0.5, 0.6) is 5.75 Å². The fraction of sp³-hybridized carbons (Fsp3) is 0.167. The molecule has 0 radical (unpaired) electrons. The Hall–Kier alpha value is -3.22. The van der Waals surface area contributed by atoms with Crippen molar-refractivity contribution < 1.29 is 13.9 Å². The number of ether oxygens (including phenoxy) is 1. The zero-order valence-electron chi connectivity index (χ0n) is 13.2. The van der Waals surface area contributed by atoms with Crippen LogP contribution in [0.25, 0.3) is 11.0 Å². The Bertz CT molecular complexity index is 1030. The first-order chi connectivity index (χ1) is 12.1. The summed E-state index contributed by atoms with van der Waals surface area (Å²) in [5.74, 6) is -0.586. The summed E-state index contributed by atoms with van der Waals surface area (Å²) >= 11 is 0. The van der Waals surface area contributed by atoms with Crippen LogP contribution in [-0.4, -0.2) is 28.6 Å². The second kappa shape index (κ2) is 6.01. The monoisotopic (exact) mass is 339 g/mol. The molecule has 4 rings (SSSR count). The number of hydrogen-bond acceptors (Lipinski definition) is 4. The number of amides is 1. The van der Waals surface area contributed by atoms with Crippen molar-refractivity contribution in [1.29, 1.82) is 0 Å². The fourth-order valence-electron chi connectivity index (χ4n) is 2.98. The Morgan fingerprint density at radius 2 is 2.04 bits per heavy atom. The summed E-state index contributed by atoms with van der Waals surface area (Å²) < 4.78 is 21.0. The molecule has 0 N–H and O–H groups in total. The lowest BCUT2D eigenvalue weighted by Crippen LogP contribution is -2.42. The minimum Gasteiger partial charge on any atom is -0.489 e. The second-order valence-corrected chi connectivity index (χ2v) is 5.65. The molecular formula is C18H14FN3O3. The summed E-state index contributed by atoms with van der Waals surface area (Å²) in [5, 5.41) is 0.